The second-order valence-corrected chi connectivity index (χ2v) is 5.06. The summed E-state index contributed by atoms with van der Waals surface area (Å²) in [6.07, 6.45) is 3.14. The third-order valence-electron chi connectivity index (χ3n) is 3.16. The van der Waals surface area contributed by atoms with Gasteiger partial charge in [-0.25, -0.2) is 4.98 Å². The second kappa shape index (κ2) is 4.92. The number of aromatic nitrogens is 3. The van der Waals surface area contributed by atoms with Crippen LogP contribution in [0.3, 0.4) is 0 Å². The third-order valence-corrected chi connectivity index (χ3v) is 3.41. The molecule has 2 atom stereocenters. The van der Waals surface area contributed by atoms with Gasteiger partial charge in [0.2, 0.25) is 0 Å². The summed E-state index contributed by atoms with van der Waals surface area (Å²) in [4.78, 5) is 3.91. The average molecular weight is 280 g/mol. The summed E-state index contributed by atoms with van der Waals surface area (Å²) in [7, 11) is 0. The minimum absolute atomic E-state index is 0.0395. The maximum absolute atomic E-state index is 5.99. The molecule has 1 saturated heterocycles. The number of hydrogen-bond donors (Lipinski definition) is 0. The lowest BCUT2D eigenvalue weighted by atomic mass is 10.1. The molecule has 0 amide bonds. The highest BCUT2D eigenvalue weighted by Gasteiger charge is 2.38. The first kappa shape index (κ1) is 12.6. The largest absolute Gasteiger partial charge is 0.343 e. The van der Waals surface area contributed by atoms with Crippen molar-refractivity contribution in [3.63, 3.8) is 0 Å². The Labute approximate surface area is 116 Å². The topological polar surface area (TPSA) is 49.2 Å². The van der Waals surface area contributed by atoms with Gasteiger partial charge in [0.25, 0.3) is 0 Å². The van der Waals surface area contributed by atoms with E-state index in [1.165, 1.54) is 6.33 Å². The average Bonchev–Trinajstić information content (AvgIpc) is 3.02. The maximum atomic E-state index is 5.99. The predicted octanol–water partition coefficient (Wildman–Crippen LogP) is 2.22. The Bertz CT molecular complexity index is 544. The second-order valence-electron chi connectivity index (χ2n) is 4.62. The molecule has 0 saturated carbocycles. The Morgan fingerprint density at radius 1 is 1.42 bits per heavy atom. The molecule has 1 aliphatic heterocycles. The molecule has 0 radical (unpaired) electrons. The molecule has 19 heavy (non-hydrogen) atoms. The molecule has 2 heterocycles. The minimum atomic E-state index is -0.726. The van der Waals surface area contributed by atoms with Gasteiger partial charge in [0, 0.05) is 10.6 Å². The van der Waals surface area contributed by atoms with Gasteiger partial charge < -0.3 is 9.47 Å². The standard InChI is InChI=1S/C13H14ClN3O2/c1-13(10-2-4-11(14)5-3-10)18-7-12(19-13)6-17-9-15-8-16-17/h2-5,8-9,12H,6-7H2,1H3. The first-order valence-corrected chi connectivity index (χ1v) is 6.44. The Morgan fingerprint density at radius 2 is 2.21 bits per heavy atom. The van der Waals surface area contributed by atoms with Gasteiger partial charge in [-0.3, -0.25) is 4.68 Å². The fourth-order valence-electron chi connectivity index (χ4n) is 2.17. The summed E-state index contributed by atoms with van der Waals surface area (Å²) in [6, 6.07) is 7.50. The van der Waals surface area contributed by atoms with E-state index in [4.69, 9.17) is 21.1 Å². The smallest absolute Gasteiger partial charge is 0.192 e. The van der Waals surface area contributed by atoms with Crippen LogP contribution in [0.2, 0.25) is 5.02 Å². The summed E-state index contributed by atoms with van der Waals surface area (Å²) in [5.74, 6) is -0.726. The SMILES string of the molecule is CC1(c2ccc(Cl)cc2)OCC(Cn2cncn2)O1. The lowest BCUT2D eigenvalue weighted by molar-refractivity contribution is -0.163. The molecule has 1 fully saturated rings. The summed E-state index contributed by atoms with van der Waals surface area (Å²) in [5.41, 5.74) is 0.956. The van der Waals surface area contributed by atoms with Crippen LogP contribution in [0, 0.1) is 0 Å². The summed E-state index contributed by atoms with van der Waals surface area (Å²) in [5, 5.41) is 4.76. The number of halogens is 1. The highest BCUT2D eigenvalue weighted by molar-refractivity contribution is 6.30. The molecule has 100 valence electrons. The highest BCUT2D eigenvalue weighted by atomic mass is 35.5. The minimum Gasteiger partial charge on any atom is -0.343 e. The van der Waals surface area contributed by atoms with Crippen molar-refractivity contribution < 1.29 is 9.47 Å². The first-order chi connectivity index (χ1) is 9.16. The van der Waals surface area contributed by atoms with Crippen LogP contribution in [0.4, 0.5) is 0 Å². The molecule has 2 unspecified atom stereocenters. The van der Waals surface area contributed by atoms with Crippen molar-refractivity contribution in [1.29, 1.82) is 0 Å². The van der Waals surface area contributed by atoms with Gasteiger partial charge in [0.15, 0.2) is 5.79 Å². The van der Waals surface area contributed by atoms with E-state index in [1.54, 1.807) is 11.0 Å². The van der Waals surface area contributed by atoms with Crippen molar-refractivity contribution in [3.8, 4) is 0 Å². The van der Waals surface area contributed by atoms with Gasteiger partial charge in [0.05, 0.1) is 13.2 Å². The Kier molecular flexibility index (Phi) is 3.26. The number of nitrogens with zero attached hydrogens (tertiary/aromatic N) is 3. The number of rotatable bonds is 3. The molecular formula is C13H14ClN3O2. The lowest BCUT2D eigenvalue weighted by Crippen LogP contribution is -2.25. The van der Waals surface area contributed by atoms with Gasteiger partial charge in [-0.1, -0.05) is 23.7 Å². The van der Waals surface area contributed by atoms with Crippen LogP contribution in [-0.2, 0) is 21.8 Å². The number of benzene rings is 1. The summed E-state index contributed by atoms with van der Waals surface area (Å²) in [6.45, 7) is 3.07. The summed E-state index contributed by atoms with van der Waals surface area (Å²) < 4.78 is 13.5. The zero-order valence-corrected chi connectivity index (χ0v) is 11.2. The number of ether oxygens (including phenoxy) is 2. The van der Waals surface area contributed by atoms with Crippen LogP contribution in [-0.4, -0.2) is 27.5 Å². The van der Waals surface area contributed by atoms with E-state index in [2.05, 4.69) is 10.1 Å². The molecule has 0 aliphatic carbocycles. The quantitative estimate of drug-likeness (QED) is 0.864. The Balaban J connectivity index is 1.71. The third kappa shape index (κ3) is 2.63. The van der Waals surface area contributed by atoms with E-state index < -0.39 is 5.79 Å². The van der Waals surface area contributed by atoms with Gasteiger partial charge in [-0.15, -0.1) is 0 Å². The van der Waals surface area contributed by atoms with Gasteiger partial charge >= 0.3 is 0 Å². The van der Waals surface area contributed by atoms with Gasteiger partial charge in [0.1, 0.15) is 18.8 Å². The van der Waals surface area contributed by atoms with Crippen LogP contribution in [0.1, 0.15) is 12.5 Å². The maximum Gasteiger partial charge on any atom is 0.192 e. The molecular weight excluding hydrogens is 266 g/mol. The molecule has 1 aliphatic rings. The van der Waals surface area contributed by atoms with Crippen LogP contribution in [0.15, 0.2) is 36.9 Å². The van der Waals surface area contributed by atoms with E-state index in [-0.39, 0.29) is 6.10 Å². The Hall–Kier alpha value is -1.43. The molecule has 1 aromatic carbocycles. The molecule has 5 nitrogen and oxygen atoms in total. The van der Waals surface area contributed by atoms with Crippen molar-refractivity contribution in [3.05, 3.63) is 47.5 Å². The zero-order chi connectivity index (χ0) is 13.3. The highest BCUT2D eigenvalue weighted by Crippen LogP contribution is 2.34. The van der Waals surface area contributed by atoms with E-state index in [1.807, 2.05) is 31.2 Å². The molecule has 2 aromatic rings. The molecule has 0 N–H and O–H groups in total. The normalized spacial score (nSPS) is 26.7. The van der Waals surface area contributed by atoms with Crippen molar-refractivity contribution >= 4 is 11.6 Å². The first-order valence-electron chi connectivity index (χ1n) is 6.06. The van der Waals surface area contributed by atoms with E-state index in [0.717, 1.165) is 5.56 Å². The summed E-state index contributed by atoms with van der Waals surface area (Å²) >= 11 is 5.89. The fourth-order valence-corrected chi connectivity index (χ4v) is 2.29. The molecule has 1 aromatic heterocycles. The van der Waals surface area contributed by atoms with Gasteiger partial charge in [-0.2, -0.15) is 5.10 Å². The zero-order valence-electron chi connectivity index (χ0n) is 10.5. The monoisotopic (exact) mass is 279 g/mol. The van der Waals surface area contributed by atoms with Crippen molar-refractivity contribution in [1.82, 2.24) is 14.8 Å². The fraction of sp³-hybridized carbons (Fsp3) is 0.385. The molecule has 3 rings (SSSR count). The van der Waals surface area contributed by atoms with E-state index in [9.17, 15) is 0 Å². The van der Waals surface area contributed by atoms with E-state index in [0.29, 0.717) is 18.2 Å². The number of hydrogen-bond acceptors (Lipinski definition) is 4. The lowest BCUT2D eigenvalue weighted by Gasteiger charge is -2.23. The van der Waals surface area contributed by atoms with Crippen LogP contribution in [0.25, 0.3) is 0 Å². The van der Waals surface area contributed by atoms with Crippen LogP contribution in [0.5, 0.6) is 0 Å². The van der Waals surface area contributed by atoms with Crippen molar-refractivity contribution in [2.75, 3.05) is 6.61 Å². The van der Waals surface area contributed by atoms with Crippen molar-refractivity contribution in [2.24, 2.45) is 0 Å². The molecule has 0 bridgehead atoms. The Morgan fingerprint density at radius 3 is 2.89 bits per heavy atom. The van der Waals surface area contributed by atoms with Crippen LogP contribution < -0.4 is 0 Å². The predicted molar refractivity (Wildman–Crippen MR) is 69.7 cm³/mol. The van der Waals surface area contributed by atoms with Crippen molar-refractivity contribution in [2.45, 2.75) is 25.4 Å². The van der Waals surface area contributed by atoms with Gasteiger partial charge in [-0.05, 0) is 19.1 Å². The molecule has 0 spiro atoms. The van der Waals surface area contributed by atoms with E-state index >= 15 is 0 Å². The molecule has 6 heteroatoms. The van der Waals surface area contributed by atoms with Crippen LogP contribution >= 0.6 is 11.6 Å².